The highest BCUT2D eigenvalue weighted by atomic mass is 35.5. The van der Waals surface area contributed by atoms with Crippen molar-refractivity contribution in [3.8, 4) is 5.75 Å². The third-order valence-corrected chi connectivity index (χ3v) is 9.14. The second-order valence-corrected chi connectivity index (χ2v) is 12.6. The molecule has 1 saturated carbocycles. The van der Waals surface area contributed by atoms with Crippen molar-refractivity contribution in [3.05, 3.63) is 85.5 Å². The first-order chi connectivity index (χ1) is 18.2. The predicted octanol–water partition coefficient (Wildman–Crippen LogP) is 7.97. The average Bonchev–Trinajstić information content (AvgIpc) is 3.42. The van der Waals surface area contributed by atoms with E-state index in [2.05, 4.69) is 0 Å². The van der Waals surface area contributed by atoms with E-state index in [-0.39, 0.29) is 29.0 Å². The molecule has 1 aliphatic carbocycles. The van der Waals surface area contributed by atoms with Crippen LogP contribution in [-0.2, 0) is 24.1 Å². The van der Waals surface area contributed by atoms with E-state index in [1.165, 1.54) is 11.3 Å². The summed E-state index contributed by atoms with van der Waals surface area (Å²) in [7, 11) is 0. The van der Waals surface area contributed by atoms with E-state index in [1.807, 2.05) is 18.2 Å². The zero-order chi connectivity index (χ0) is 27.2. The topological polar surface area (TPSA) is 63.6 Å². The predicted molar refractivity (Wildman–Crippen MR) is 155 cm³/mol. The number of thiophene rings is 1. The number of aliphatic hydroxyl groups is 1. The van der Waals surface area contributed by atoms with Gasteiger partial charge in [-0.3, -0.25) is 4.79 Å². The molecule has 4 atom stereocenters. The van der Waals surface area contributed by atoms with E-state index >= 15 is 0 Å². The summed E-state index contributed by atoms with van der Waals surface area (Å²) in [5, 5.41) is 11.9. The second kappa shape index (κ2) is 13.5. The van der Waals surface area contributed by atoms with Crippen molar-refractivity contribution >= 4 is 57.9 Å². The Kier molecular flexibility index (Phi) is 10.3. The van der Waals surface area contributed by atoms with Gasteiger partial charge < -0.3 is 9.84 Å². The first-order valence-corrected chi connectivity index (χ1v) is 14.8. The van der Waals surface area contributed by atoms with Gasteiger partial charge in [0.15, 0.2) is 0 Å². The Bertz CT molecular complexity index is 1240. The van der Waals surface area contributed by atoms with Crippen LogP contribution in [0.25, 0.3) is 0 Å². The highest BCUT2D eigenvalue weighted by Crippen LogP contribution is 2.42. The molecule has 1 fully saturated rings. The molecule has 8 heteroatoms. The summed E-state index contributed by atoms with van der Waals surface area (Å²) in [4.78, 5) is 25.5. The van der Waals surface area contributed by atoms with Crippen LogP contribution < -0.4 is 4.74 Å². The maximum absolute atomic E-state index is 12.6. The van der Waals surface area contributed by atoms with Gasteiger partial charge >= 0.3 is 5.97 Å². The number of aryl methyl sites for hydroxylation is 2. The van der Waals surface area contributed by atoms with Crippen molar-refractivity contribution in [2.45, 2.75) is 63.4 Å². The molecule has 2 aromatic carbocycles. The van der Waals surface area contributed by atoms with Crippen LogP contribution in [0.15, 0.2) is 54.6 Å². The normalized spacial score (nSPS) is 21.0. The van der Waals surface area contributed by atoms with Crippen LogP contribution in [0.5, 0.6) is 5.75 Å². The van der Waals surface area contributed by atoms with Crippen LogP contribution in [0.1, 0.15) is 58.3 Å². The summed E-state index contributed by atoms with van der Waals surface area (Å²) < 4.78 is 5.50. The molecule has 1 N–H and O–H groups in total. The number of halogens is 3. The lowest BCUT2D eigenvalue weighted by Gasteiger charge is -2.23. The summed E-state index contributed by atoms with van der Waals surface area (Å²) in [6.45, 7) is 1.55. The zero-order valence-electron chi connectivity index (χ0n) is 21.2. The molecule has 1 aliphatic rings. The maximum atomic E-state index is 12.6. The van der Waals surface area contributed by atoms with Gasteiger partial charge in [-0.25, -0.2) is 4.79 Å². The maximum Gasteiger partial charge on any atom is 0.353 e. The molecule has 0 aliphatic heterocycles. The van der Waals surface area contributed by atoms with E-state index in [1.54, 1.807) is 43.3 Å². The summed E-state index contributed by atoms with van der Waals surface area (Å²) in [6.07, 6.45) is 4.86. The summed E-state index contributed by atoms with van der Waals surface area (Å²) in [6, 6.07) is 16.3. The number of carbonyl (C=O) groups excluding carboxylic acids is 2. The number of benzene rings is 2. The Balaban J connectivity index is 1.27. The van der Waals surface area contributed by atoms with Gasteiger partial charge in [0.05, 0.1) is 6.10 Å². The smallest absolute Gasteiger partial charge is 0.353 e. The number of rotatable bonds is 11. The molecule has 0 spiro atoms. The van der Waals surface area contributed by atoms with Gasteiger partial charge in [0.25, 0.3) is 0 Å². The summed E-state index contributed by atoms with van der Waals surface area (Å²) in [5.74, 6) is 0.519. The van der Waals surface area contributed by atoms with Crippen LogP contribution >= 0.6 is 46.1 Å². The molecule has 4 nitrogen and oxygen atoms in total. The number of hydrogen-bond acceptors (Lipinski definition) is 5. The standard InChI is InChI=1S/C30H31Cl3O4S/c1-18(34)13-19-5-8-23(9-6-19)37-30(36)29-12-10-24(38-29)3-2-4-25-26(28(35)17-27(25)33)11-7-20-14-21(31)16-22(32)15-20/h5-6,8-10,12,14-16,25-28,35H,2-4,7,11,13,17H2,1H3/t25-,26-,27-,28-/m1/s1. The number of hydrogen-bond donors (Lipinski definition) is 1. The number of ether oxygens (including phenoxy) is 1. The Morgan fingerprint density at radius 3 is 2.34 bits per heavy atom. The molecule has 1 heterocycles. The van der Waals surface area contributed by atoms with Crippen molar-refractivity contribution in [1.29, 1.82) is 0 Å². The molecular weight excluding hydrogens is 563 g/mol. The minimum atomic E-state index is -0.406. The molecule has 4 rings (SSSR count). The van der Waals surface area contributed by atoms with Gasteiger partial charge in [-0.15, -0.1) is 22.9 Å². The molecule has 0 unspecified atom stereocenters. The van der Waals surface area contributed by atoms with Crippen LogP contribution in [0.3, 0.4) is 0 Å². The molecule has 0 bridgehead atoms. The van der Waals surface area contributed by atoms with Gasteiger partial charge in [-0.2, -0.15) is 0 Å². The van der Waals surface area contributed by atoms with Crippen LogP contribution in [-0.4, -0.2) is 28.3 Å². The molecular formula is C30H31Cl3O4S. The van der Waals surface area contributed by atoms with E-state index in [4.69, 9.17) is 39.5 Å². The number of ketones is 1. The van der Waals surface area contributed by atoms with Crippen molar-refractivity contribution in [2.24, 2.45) is 11.8 Å². The van der Waals surface area contributed by atoms with Crippen LogP contribution in [0.4, 0.5) is 0 Å². The van der Waals surface area contributed by atoms with Crippen LogP contribution in [0, 0.1) is 11.8 Å². The van der Waals surface area contributed by atoms with E-state index in [0.717, 1.165) is 48.1 Å². The van der Waals surface area contributed by atoms with Crippen molar-refractivity contribution in [3.63, 3.8) is 0 Å². The Hall–Kier alpha value is -1.89. The number of esters is 1. The third kappa shape index (κ3) is 8.06. The lowest BCUT2D eigenvalue weighted by molar-refractivity contribution is -0.116. The fourth-order valence-corrected chi connectivity index (χ4v) is 7.27. The first kappa shape index (κ1) is 29.1. The van der Waals surface area contributed by atoms with Gasteiger partial charge in [0, 0.05) is 26.7 Å². The molecule has 0 amide bonds. The fourth-order valence-electron chi connectivity index (χ4n) is 5.28. The van der Waals surface area contributed by atoms with E-state index in [9.17, 15) is 14.7 Å². The van der Waals surface area contributed by atoms with Crippen molar-refractivity contribution in [1.82, 2.24) is 0 Å². The van der Waals surface area contributed by atoms with E-state index in [0.29, 0.717) is 33.5 Å². The monoisotopic (exact) mass is 592 g/mol. The van der Waals surface area contributed by atoms with Crippen molar-refractivity contribution in [2.75, 3.05) is 0 Å². The number of Topliss-reactive ketones (excluding diaryl/α,β-unsaturated/α-hetero) is 1. The minimum absolute atomic E-state index is 0.0475. The van der Waals surface area contributed by atoms with Crippen LogP contribution in [0.2, 0.25) is 10.0 Å². The Morgan fingerprint density at radius 2 is 1.66 bits per heavy atom. The Morgan fingerprint density at radius 1 is 0.947 bits per heavy atom. The third-order valence-electron chi connectivity index (χ3n) is 7.07. The average molecular weight is 594 g/mol. The van der Waals surface area contributed by atoms with Gasteiger partial charge in [0.2, 0.25) is 0 Å². The number of carbonyl (C=O) groups is 2. The highest BCUT2D eigenvalue weighted by Gasteiger charge is 2.40. The van der Waals surface area contributed by atoms with E-state index < -0.39 is 6.10 Å². The van der Waals surface area contributed by atoms with Gasteiger partial charge in [-0.1, -0.05) is 35.3 Å². The zero-order valence-corrected chi connectivity index (χ0v) is 24.3. The number of aliphatic hydroxyl groups excluding tert-OH is 1. The first-order valence-electron chi connectivity index (χ1n) is 12.8. The quantitative estimate of drug-likeness (QED) is 0.139. The fraction of sp³-hybridized carbons (Fsp3) is 0.400. The lowest BCUT2D eigenvalue weighted by atomic mass is 9.85. The molecule has 202 valence electrons. The second-order valence-electron chi connectivity index (χ2n) is 10.0. The lowest BCUT2D eigenvalue weighted by Crippen LogP contribution is -2.21. The molecule has 38 heavy (non-hydrogen) atoms. The molecule has 0 radical (unpaired) electrons. The Labute approximate surface area is 242 Å². The van der Waals surface area contributed by atoms with Crippen molar-refractivity contribution < 1.29 is 19.4 Å². The SMILES string of the molecule is CC(=O)Cc1ccc(OC(=O)c2ccc(CCC[C@@H]3[C@@H](CCc4cc(Cl)cc(Cl)c4)[C@H](O)C[C@H]3Cl)s2)cc1. The summed E-state index contributed by atoms with van der Waals surface area (Å²) >= 11 is 20.4. The molecule has 3 aromatic rings. The molecule has 0 saturated heterocycles. The van der Waals surface area contributed by atoms with Gasteiger partial charge in [0.1, 0.15) is 16.4 Å². The largest absolute Gasteiger partial charge is 0.422 e. The summed E-state index contributed by atoms with van der Waals surface area (Å²) in [5.41, 5.74) is 1.96. The molecule has 1 aromatic heterocycles. The highest BCUT2D eigenvalue weighted by molar-refractivity contribution is 7.13. The minimum Gasteiger partial charge on any atom is -0.422 e. The number of alkyl halides is 1. The van der Waals surface area contributed by atoms with Gasteiger partial charge in [-0.05, 0) is 111 Å².